The number of nitro groups is 1. The Labute approximate surface area is 157 Å². The maximum Gasteiger partial charge on any atom is 0.333 e. The lowest BCUT2D eigenvalue weighted by molar-refractivity contribution is -0.398. The fourth-order valence-electron chi connectivity index (χ4n) is 2.53. The Hall–Kier alpha value is -3.59. The molecule has 2 aromatic carbocycles. The van der Waals surface area contributed by atoms with Crippen LogP contribution in [-0.2, 0) is 4.79 Å². The third kappa shape index (κ3) is 3.40. The zero-order valence-corrected chi connectivity index (χ0v) is 14.5. The smallest absolute Gasteiger partial charge is 0.333 e. The van der Waals surface area contributed by atoms with E-state index < -0.39 is 28.3 Å². The number of nitrogens with one attached hydrogen (secondary N) is 1. The molecule has 0 radical (unpaired) electrons. The predicted octanol–water partition coefficient (Wildman–Crippen LogP) is 2.43. The molecule has 9 nitrogen and oxygen atoms in total. The van der Waals surface area contributed by atoms with Crippen LogP contribution in [0.5, 0.6) is 11.5 Å². The number of halogens is 1. The molecule has 10 heteroatoms. The molecule has 0 aliphatic carbocycles. The number of nitrogens with zero attached hydrogens (tertiary/aromatic N) is 2. The van der Waals surface area contributed by atoms with Gasteiger partial charge in [0, 0.05) is 16.8 Å². The summed E-state index contributed by atoms with van der Waals surface area (Å²) >= 11 is 5.89. The molecule has 1 aliphatic heterocycles. The third-order valence-corrected chi connectivity index (χ3v) is 3.96. The Balaban J connectivity index is 2.01. The molecular weight excluding hydrogens is 378 g/mol. The van der Waals surface area contributed by atoms with Gasteiger partial charge in [0.1, 0.15) is 11.4 Å². The number of hydrogen-bond donors (Lipinski definition) is 1. The number of nitro benzene ring substituents is 1. The van der Waals surface area contributed by atoms with Crippen LogP contribution in [0, 0.1) is 10.1 Å². The van der Waals surface area contributed by atoms with Crippen molar-refractivity contribution in [2.45, 2.75) is 0 Å². The lowest BCUT2D eigenvalue weighted by Gasteiger charge is -2.13. The van der Waals surface area contributed by atoms with Crippen molar-refractivity contribution in [3.8, 4) is 11.5 Å². The van der Waals surface area contributed by atoms with Crippen LogP contribution in [0.2, 0.25) is 5.02 Å². The van der Waals surface area contributed by atoms with Gasteiger partial charge in [0.05, 0.1) is 17.7 Å². The van der Waals surface area contributed by atoms with Gasteiger partial charge in [0.25, 0.3) is 11.6 Å². The van der Waals surface area contributed by atoms with Crippen LogP contribution >= 0.6 is 11.6 Å². The van der Waals surface area contributed by atoms with Crippen LogP contribution in [0.1, 0.15) is 5.56 Å². The molecule has 0 spiro atoms. The molecule has 1 N–H and O–H groups in total. The fraction of sp³-hybridized carbons (Fsp3) is 0.0588. The monoisotopic (exact) mass is 388 g/mol. The summed E-state index contributed by atoms with van der Waals surface area (Å²) < 4.78 is 4.85. The van der Waals surface area contributed by atoms with E-state index in [-0.39, 0.29) is 22.7 Å². The van der Waals surface area contributed by atoms with Crippen LogP contribution < -0.4 is 20.1 Å². The van der Waals surface area contributed by atoms with Crippen LogP contribution in [0.4, 0.5) is 16.2 Å². The molecule has 1 heterocycles. The Bertz CT molecular complexity index is 1000. The number of methoxy groups -OCH3 is 1. The molecule has 0 unspecified atom stereocenters. The van der Waals surface area contributed by atoms with Gasteiger partial charge < -0.3 is 15.2 Å². The highest BCUT2D eigenvalue weighted by Gasteiger charge is 2.35. The second kappa shape index (κ2) is 6.96. The highest BCUT2D eigenvalue weighted by molar-refractivity contribution is 6.32. The molecule has 0 atom stereocenters. The minimum atomic E-state index is -0.882. The number of ether oxygens (including phenoxy) is 1. The fourth-order valence-corrected chi connectivity index (χ4v) is 2.71. The van der Waals surface area contributed by atoms with Crippen molar-refractivity contribution in [2.24, 2.45) is 0 Å². The Morgan fingerprint density at radius 2 is 2.00 bits per heavy atom. The zero-order valence-electron chi connectivity index (χ0n) is 13.8. The maximum absolute atomic E-state index is 12.6. The van der Waals surface area contributed by atoms with Crippen molar-refractivity contribution in [3.05, 3.63) is 62.8 Å². The minimum Gasteiger partial charge on any atom is -0.865 e. The average Bonchev–Trinajstić information content (AvgIpc) is 2.89. The average molecular weight is 389 g/mol. The van der Waals surface area contributed by atoms with Gasteiger partial charge >= 0.3 is 6.03 Å². The second-order valence-electron chi connectivity index (χ2n) is 5.44. The summed E-state index contributed by atoms with van der Waals surface area (Å²) in [5, 5.41) is 25.6. The van der Waals surface area contributed by atoms with Gasteiger partial charge in [-0.25, -0.2) is 9.69 Å². The number of carbonyl (C=O) groups excluding carboxylic acids is 2. The van der Waals surface area contributed by atoms with E-state index in [2.05, 4.69) is 5.32 Å². The van der Waals surface area contributed by atoms with Gasteiger partial charge in [-0.1, -0.05) is 17.7 Å². The molecule has 3 rings (SSSR count). The molecule has 138 valence electrons. The summed E-state index contributed by atoms with van der Waals surface area (Å²) in [4.78, 5) is 35.8. The molecular formula is C17H11ClN3O6-. The van der Waals surface area contributed by atoms with Gasteiger partial charge in [0.15, 0.2) is 0 Å². The first-order valence-corrected chi connectivity index (χ1v) is 7.85. The normalized spacial score (nSPS) is 15.2. The highest BCUT2D eigenvalue weighted by atomic mass is 35.5. The van der Waals surface area contributed by atoms with E-state index in [1.165, 1.54) is 31.4 Å². The van der Waals surface area contributed by atoms with Crippen molar-refractivity contribution < 1.29 is 24.4 Å². The van der Waals surface area contributed by atoms with E-state index in [9.17, 15) is 24.8 Å². The number of carbonyl (C=O) groups is 2. The molecule has 1 aliphatic rings. The standard InChI is InChI=1S/C17H12ClN3O6/c1-27-14-7-9(6-13(15(14)22)21(25)26)5-12-16(23)20(17(24)19-12)11-4-2-3-10(18)8-11/h2-8,22H,1H3,(H,19,24)/p-1/b12-5+. The summed E-state index contributed by atoms with van der Waals surface area (Å²) in [6.45, 7) is 0. The van der Waals surface area contributed by atoms with Crippen LogP contribution in [-0.4, -0.2) is 24.0 Å². The van der Waals surface area contributed by atoms with Gasteiger partial charge in [-0.15, -0.1) is 0 Å². The molecule has 0 saturated carbocycles. The van der Waals surface area contributed by atoms with Crippen molar-refractivity contribution in [2.75, 3.05) is 12.0 Å². The molecule has 1 saturated heterocycles. The lowest BCUT2D eigenvalue weighted by atomic mass is 10.1. The Kier molecular flexibility index (Phi) is 4.70. The Morgan fingerprint density at radius 1 is 1.26 bits per heavy atom. The number of urea groups is 1. The highest BCUT2D eigenvalue weighted by Crippen LogP contribution is 2.35. The van der Waals surface area contributed by atoms with Gasteiger partial charge in [-0.2, -0.15) is 0 Å². The first-order valence-electron chi connectivity index (χ1n) is 7.48. The number of rotatable bonds is 4. The summed E-state index contributed by atoms with van der Waals surface area (Å²) in [5.74, 6) is -1.80. The molecule has 2 aromatic rings. The zero-order chi connectivity index (χ0) is 19.7. The molecule has 0 aromatic heterocycles. The van der Waals surface area contributed by atoms with Crippen molar-refractivity contribution in [1.82, 2.24) is 5.32 Å². The predicted molar refractivity (Wildman–Crippen MR) is 94.5 cm³/mol. The maximum atomic E-state index is 12.6. The van der Waals surface area contributed by atoms with Crippen LogP contribution in [0.3, 0.4) is 0 Å². The van der Waals surface area contributed by atoms with E-state index in [1.54, 1.807) is 12.1 Å². The van der Waals surface area contributed by atoms with Gasteiger partial charge in [-0.05, 0) is 35.9 Å². The summed E-state index contributed by atoms with van der Waals surface area (Å²) in [7, 11) is 1.20. The number of amides is 3. The minimum absolute atomic E-state index is 0.116. The summed E-state index contributed by atoms with van der Waals surface area (Å²) in [5.41, 5.74) is -0.402. The second-order valence-corrected chi connectivity index (χ2v) is 5.87. The number of hydrogen-bond acceptors (Lipinski definition) is 6. The third-order valence-electron chi connectivity index (χ3n) is 3.73. The van der Waals surface area contributed by atoms with Crippen LogP contribution in [0.25, 0.3) is 6.08 Å². The SMILES string of the molecule is COc1cc(/C=C2/NC(=O)N(c3cccc(Cl)c3)C2=O)cc([N+](=O)[O-])c1[O-]. The number of imide groups is 1. The first kappa shape index (κ1) is 18.2. The van der Waals surface area contributed by atoms with E-state index in [1.807, 2.05) is 0 Å². The number of anilines is 1. The largest absolute Gasteiger partial charge is 0.865 e. The molecule has 27 heavy (non-hydrogen) atoms. The van der Waals surface area contributed by atoms with E-state index in [4.69, 9.17) is 16.3 Å². The van der Waals surface area contributed by atoms with Gasteiger partial charge in [-0.3, -0.25) is 14.9 Å². The van der Waals surface area contributed by atoms with Crippen molar-refractivity contribution >= 4 is 41.0 Å². The van der Waals surface area contributed by atoms with Crippen LogP contribution in [0.15, 0.2) is 42.1 Å². The molecule has 3 amide bonds. The number of benzene rings is 2. The summed E-state index contributed by atoms with van der Waals surface area (Å²) in [6.07, 6.45) is 1.22. The first-order chi connectivity index (χ1) is 12.8. The van der Waals surface area contributed by atoms with E-state index in [0.717, 1.165) is 11.0 Å². The van der Waals surface area contributed by atoms with Gasteiger partial charge in [0.2, 0.25) is 0 Å². The topological polar surface area (TPSA) is 125 Å². The molecule has 0 bridgehead atoms. The van der Waals surface area contributed by atoms with E-state index in [0.29, 0.717) is 5.02 Å². The quantitative estimate of drug-likeness (QED) is 0.371. The van der Waals surface area contributed by atoms with Crippen molar-refractivity contribution in [3.63, 3.8) is 0 Å². The Morgan fingerprint density at radius 3 is 2.63 bits per heavy atom. The summed E-state index contributed by atoms with van der Waals surface area (Å²) in [6, 6.07) is 7.70. The lowest BCUT2D eigenvalue weighted by Crippen LogP contribution is -2.30. The molecule has 1 fully saturated rings. The van der Waals surface area contributed by atoms with Crippen molar-refractivity contribution in [1.29, 1.82) is 0 Å². The van der Waals surface area contributed by atoms with E-state index >= 15 is 0 Å².